The number of morpholine rings is 1. The normalized spacial score (nSPS) is 27.9. The van der Waals surface area contributed by atoms with E-state index in [-0.39, 0.29) is 0 Å². The summed E-state index contributed by atoms with van der Waals surface area (Å²) in [6, 6.07) is 7.19. The molecule has 19 heavy (non-hydrogen) atoms. The van der Waals surface area contributed by atoms with Gasteiger partial charge >= 0.3 is 0 Å². The second kappa shape index (κ2) is 5.49. The first kappa shape index (κ1) is 12.9. The summed E-state index contributed by atoms with van der Waals surface area (Å²) in [5.74, 6) is 0.941. The lowest BCUT2D eigenvalue weighted by molar-refractivity contribution is 0.0380. The number of rotatable bonds is 2. The molecule has 2 heterocycles. The molecule has 1 N–H and O–H groups in total. The molecule has 0 aromatic heterocycles. The van der Waals surface area contributed by atoms with Crippen molar-refractivity contribution >= 4 is 0 Å². The Balaban J connectivity index is 1.94. The lowest BCUT2D eigenvalue weighted by atomic mass is 9.88. The highest BCUT2D eigenvalue weighted by Gasteiger charge is 2.33. The zero-order valence-corrected chi connectivity index (χ0v) is 11.7. The van der Waals surface area contributed by atoms with Gasteiger partial charge in [-0.15, -0.1) is 0 Å². The smallest absolute Gasteiger partial charge is 0.119 e. The van der Waals surface area contributed by atoms with Crippen LogP contribution in [0.5, 0.6) is 5.75 Å². The van der Waals surface area contributed by atoms with Crippen LogP contribution in [0.15, 0.2) is 18.2 Å². The number of nitrogens with one attached hydrogen (secondary N) is 1. The molecule has 3 rings (SSSR count). The van der Waals surface area contributed by atoms with Crippen LogP contribution < -0.4 is 10.1 Å². The molecule has 0 spiro atoms. The molecule has 0 amide bonds. The summed E-state index contributed by atoms with van der Waals surface area (Å²) in [5.41, 5.74) is 2.83. The monoisotopic (exact) mass is 262 g/mol. The molecular weight excluding hydrogens is 240 g/mol. The van der Waals surface area contributed by atoms with E-state index in [0.29, 0.717) is 12.1 Å². The maximum absolute atomic E-state index is 5.63. The molecule has 4 heteroatoms. The van der Waals surface area contributed by atoms with Gasteiger partial charge in [-0.2, -0.15) is 0 Å². The highest BCUT2D eigenvalue weighted by atomic mass is 16.5. The summed E-state index contributed by atoms with van der Waals surface area (Å²) in [5, 5.41) is 3.59. The predicted octanol–water partition coefficient (Wildman–Crippen LogP) is 1.21. The van der Waals surface area contributed by atoms with Crippen LogP contribution in [0.1, 0.15) is 17.2 Å². The summed E-state index contributed by atoms with van der Waals surface area (Å²) in [6.07, 6.45) is 1.11. The van der Waals surface area contributed by atoms with Gasteiger partial charge in [-0.05, 0) is 36.7 Å². The van der Waals surface area contributed by atoms with E-state index >= 15 is 0 Å². The van der Waals surface area contributed by atoms with Crippen molar-refractivity contribution in [3.63, 3.8) is 0 Å². The van der Waals surface area contributed by atoms with Crippen LogP contribution in [0.2, 0.25) is 0 Å². The van der Waals surface area contributed by atoms with E-state index in [0.717, 1.165) is 38.5 Å². The first-order valence-electron chi connectivity index (χ1n) is 6.98. The Hall–Kier alpha value is -1.10. The second-order valence-corrected chi connectivity index (χ2v) is 5.38. The van der Waals surface area contributed by atoms with E-state index in [2.05, 4.69) is 35.5 Å². The van der Waals surface area contributed by atoms with Crippen molar-refractivity contribution < 1.29 is 9.47 Å². The lowest BCUT2D eigenvalue weighted by Crippen LogP contribution is -2.51. The average Bonchev–Trinajstić information content (AvgIpc) is 2.47. The number of ether oxygens (including phenoxy) is 2. The quantitative estimate of drug-likeness (QED) is 0.869. The van der Waals surface area contributed by atoms with Gasteiger partial charge in [0, 0.05) is 13.1 Å². The third-order valence-corrected chi connectivity index (χ3v) is 4.21. The summed E-state index contributed by atoms with van der Waals surface area (Å²) >= 11 is 0. The van der Waals surface area contributed by atoms with Crippen molar-refractivity contribution in [2.75, 3.05) is 40.5 Å². The minimum atomic E-state index is 0.366. The van der Waals surface area contributed by atoms with E-state index < -0.39 is 0 Å². The van der Waals surface area contributed by atoms with Gasteiger partial charge in [0.25, 0.3) is 0 Å². The Kier molecular flexibility index (Phi) is 3.73. The Morgan fingerprint density at radius 3 is 3.05 bits per heavy atom. The molecule has 1 saturated heterocycles. The van der Waals surface area contributed by atoms with E-state index in [1.807, 2.05) is 0 Å². The van der Waals surface area contributed by atoms with Crippen molar-refractivity contribution in [2.24, 2.45) is 0 Å². The number of hydrogen-bond acceptors (Lipinski definition) is 4. The van der Waals surface area contributed by atoms with Crippen LogP contribution in [0.25, 0.3) is 0 Å². The zero-order valence-electron chi connectivity index (χ0n) is 11.7. The fourth-order valence-corrected chi connectivity index (χ4v) is 3.19. The first-order chi connectivity index (χ1) is 9.29. The van der Waals surface area contributed by atoms with Gasteiger partial charge in [0.05, 0.1) is 32.4 Å². The fraction of sp³-hybridized carbons (Fsp3) is 0.600. The molecule has 2 atom stereocenters. The molecule has 0 bridgehead atoms. The lowest BCUT2D eigenvalue weighted by Gasteiger charge is -2.41. The Labute approximate surface area is 114 Å². The Morgan fingerprint density at radius 2 is 2.32 bits per heavy atom. The van der Waals surface area contributed by atoms with Crippen molar-refractivity contribution in [1.29, 1.82) is 0 Å². The van der Waals surface area contributed by atoms with Crippen molar-refractivity contribution in [3.8, 4) is 5.75 Å². The van der Waals surface area contributed by atoms with Gasteiger partial charge in [0.1, 0.15) is 5.75 Å². The van der Waals surface area contributed by atoms with E-state index in [1.54, 1.807) is 7.11 Å². The number of likely N-dealkylation sites (N-methyl/N-ethyl adjacent to an activating group) is 1. The molecule has 2 aliphatic rings. The second-order valence-electron chi connectivity index (χ2n) is 5.38. The number of benzene rings is 1. The van der Waals surface area contributed by atoms with Gasteiger partial charge in [-0.25, -0.2) is 0 Å². The molecule has 0 aliphatic carbocycles. The van der Waals surface area contributed by atoms with E-state index in [1.165, 1.54) is 11.1 Å². The van der Waals surface area contributed by atoms with Crippen molar-refractivity contribution in [1.82, 2.24) is 10.2 Å². The minimum absolute atomic E-state index is 0.366. The fourth-order valence-electron chi connectivity index (χ4n) is 3.19. The summed E-state index contributed by atoms with van der Waals surface area (Å²) in [4.78, 5) is 2.42. The molecular formula is C15H22N2O2. The summed E-state index contributed by atoms with van der Waals surface area (Å²) in [6.45, 7) is 3.64. The Morgan fingerprint density at radius 1 is 1.42 bits per heavy atom. The number of hydrogen-bond donors (Lipinski definition) is 1. The SMILES string of the molecule is COc1ccc2c(c1)C(C1COCCN1)N(C)CC2. The van der Waals surface area contributed by atoms with Crippen LogP contribution in [0, 0.1) is 0 Å². The maximum atomic E-state index is 5.63. The molecule has 1 fully saturated rings. The summed E-state index contributed by atoms with van der Waals surface area (Å²) < 4.78 is 11.0. The molecule has 2 unspecified atom stereocenters. The molecule has 1 aromatic rings. The number of nitrogens with zero attached hydrogens (tertiary/aromatic N) is 1. The van der Waals surface area contributed by atoms with Gasteiger partial charge in [0.2, 0.25) is 0 Å². The Bertz CT molecular complexity index is 444. The topological polar surface area (TPSA) is 33.7 Å². The zero-order chi connectivity index (χ0) is 13.2. The van der Waals surface area contributed by atoms with Crippen LogP contribution in [0.3, 0.4) is 0 Å². The third-order valence-electron chi connectivity index (χ3n) is 4.21. The van der Waals surface area contributed by atoms with Gasteiger partial charge in [0.15, 0.2) is 0 Å². The van der Waals surface area contributed by atoms with Gasteiger partial charge in [-0.1, -0.05) is 6.07 Å². The van der Waals surface area contributed by atoms with E-state index in [9.17, 15) is 0 Å². The third kappa shape index (κ3) is 2.48. The van der Waals surface area contributed by atoms with Crippen LogP contribution in [-0.4, -0.2) is 51.4 Å². The predicted molar refractivity (Wildman–Crippen MR) is 74.7 cm³/mol. The van der Waals surface area contributed by atoms with Crippen LogP contribution in [0.4, 0.5) is 0 Å². The molecule has 0 radical (unpaired) electrons. The summed E-state index contributed by atoms with van der Waals surface area (Å²) in [7, 11) is 3.93. The van der Waals surface area contributed by atoms with Gasteiger partial charge < -0.3 is 14.8 Å². The van der Waals surface area contributed by atoms with Crippen LogP contribution in [-0.2, 0) is 11.2 Å². The highest BCUT2D eigenvalue weighted by molar-refractivity contribution is 5.40. The molecule has 4 nitrogen and oxygen atoms in total. The van der Waals surface area contributed by atoms with Crippen molar-refractivity contribution in [3.05, 3.63) is 29.3 Å². The maximum Gasteiger partial charge on any atom is 0.119 e. The van der Waals surface area contributed by atoms with Crippen molar-refractivity contribution in [2.45, 2.75) is 18.5 Å². The van der Waals surface area contributed by atoms with Gasteiger partial charge in [-0.3, -0.25) is 4.90 Å². The molecule has 0 saturated carbocycles. The minimum Gasteiger partial charge on any atom is -0.497 e. The molecule has 1 aromatic carbocycles. The number of fused-ring (bicyclic) bond motifs is 1. The standard InChI is InChI=1S/C15H22N2O2/c1-17-7-5-11-3-4-12(18-2)9-13(11)15(17)14-10-19-8-6-16-14/h3-4,9,14-16H,5-8,10H2,1-2H3. The largest absolute Gasteiger partial charge is 0.497 e. The average molecular weight is 262 g/mol. The number of methoxy groups -OCH3 is 1. The van der Waals surface area contributed by atoms with Crippen LogP contribution >= 0.6 is 0 Å². The molecule has 104 valence electrons. The molecule has 2 aliphatic heterocycles. The first-order valence-corrected chi connectivity index (χ1v) is 6.98. The highest BCUT2D eigenvalue weighted by Crippen LogP contribution is 2.34. The van der Waals surface area contributed by atoms with E-state index in [4.69, 9.17) is 9.47 Å².